The van der Waals surface area contributed by atoms with E-state index in [0.717, 1.165) is 12.8 Å². The fourth-order valence-corrected chi connectivity index (χ4v) is 2.44. The van der Waals surface area contributed by atoms with Gasteiger partial charge < -0.3 is 0 Å². The van der Waals surface area contributed by atoms with E-state index in [1.165, 1.54) is 6.42 Å². The zero-order chi connectivity index (χ0) is 10.0. The zero-order valence-corrected chi connectivity index (χ0v) is 9.34. The first kappa shape index (κ1) is 10.7. The molecule has 0 N–H and O–H groups in total. The molecule has 0 amide bonds. The van der Waals surface area contributed by atoms with E-state index in [0.29, 0.717) is 29.5 Å². The molecule has 0 radical (unpaired) electrons. The van der Waals surface area contributed by atoms with Crippen LogP contribution >= 0.6 is 0 Å². The van der Waals surface area contributed by atoms with E-state index in [2.05, 4.69) is 27.7 Å². The van der Waals surface area contributed by atoms with Crippen LogP contribution in [0.25, 0.3) is 0 Å². The van der Waals surface area contributed by atoms with E-state index >= 15 is 0 Å². The van der Waals surface area contributed by atoms with Crippen LogP contribution in [0.15, 0.2) is 0 Å². The van der Waals surface area contributed by atoms with Crippen molar-refractivity contribution in [2.75, 3.05) is 0 Å². The maximum absolute atomic E-state index is 12.0. The van der Waals surface area contributed by atoms with Crippen molar-refractivity contribution < 1.29 is 4.79 Å². The van der Waals surface area contributed by atoms with Crippen molar-refractivity contribution in [2.24, 2.45) is 23.7 Å². The average Bonchev–Trinajstić information content (AvgIpc) is 2.03. The van der Waals surface area contributed by atoms with Gasteiger partial charge >= 0.3 is 0 Å². The van der Waals surface area contributed by atoms with E-state index in [1.807, 2.05) is 0 Å². The highest BCUT2D eigenvalue weighted by Gasteiger charge is 2.34. The van der Waals surface area contributed by atoms with Crippen molar-refractivity contribution in [3.05, 3.63) is 0 Å². The quantitative estimate of drug-likeness (QED) is 0.640. The Hall–Kier alpha value is -0.330. The molecule has 0 unspecified atom stereocenters. The molecule has 1 nitrogen and oxygen atoms in total. The largest absolute Gasteiger partial charge is 0.299 e. The first-order chi connectivity index (χ1) is 6.04. The minimum atomic E-state index is 0.348. The molecule has 0 aromatic heterocycles. The maximum atomic E-state index is 12.0. The van der Waals surface area contributed by atoms with E-state index in [1.54, 1.807) is 0 Å². The Balaban J connectivity index is 2.66. The lowest BCUT2D eigenvalue weighted by atomic mass is 9.71. The molecule has 13 heavy (non-hydrogen) atoms. The fourth-order valence-electron chi connectivity index (χ4n) is 2.44. The third-order valence-electron chi connectivity index (χ3n) is 3.37. The summed E-state index contributed by atoms with van der Waals surface area (Å²) < 4.78 is 0. The second-order valence-corrected chi connectivity index (χ2v) is 5.03. The van der Waals surface area contributed by atoms with E-state index in [-0.39, 0.29) is 0 Å². The van der Waals surface area contributed by atoms with Gasteiger partial charge in [0.25, 0.3) is 0 Å². The molecule has 1 saturated carbocycles. The van der Waals surface area contributed by atoms with Gasteiger partial charge in [-0.3, -0.25) is 4.79 Å². The summed E-state index contributed by atoms with van der Waals surface area (Å²) in [6.07, 6.45) is 3.50. The molecule has 0 bridgehead atoms. The number of hydrogen-bond acceptors (Lipinski definition) is 1. The van der Waals surface area contributed by atoms with Gasteiger partial charge in [0.1, 0.15) is 5.78 Å². The van der Waals surface area contributed by atoms with Gasteiger partial charge in [0, 0.05) is 11.8 Å². The highest BCUT2D eigenvalue weighted by atomic mass is 16.1. The summed E-state index contributed by atoms with van der Waals surface area (Å²) in [5.74, 6) is 2.31. The summed E-state index contributed by atoms with van der Waals surface area (Å²) in [6, 6.07) is 0. The lowest BCUT2D eigenvalue weighted by Gasteiger charge is -2.32. The van der Waals surface area contributed by atoms with Crippen LogP contribution in [0.2, 0.25) is 0 Å². The Morgan fingerprint density at radius 3 is 1.69 bits per heavy atom. The van der Waals surface area contributed by atoms with Crippen LogP contribution in [0.3, 0.4) is 0 Å². The van der Waals surface area contributed by atoms with Gasteiger partial charge in [0.15, 0.2) is 0 Å². The standard InChI is InChI=1S/C12H22O/c1-8(2)10-6-5-7-11(9(3)4)12(10)13/h8-11H,5-7H2,1-4H3/t10-,11-/m0/s1. The summed E-state index contributed by atoms with van der Waals surface area (Å²) in [5, 5.41) is 0. The molecular formula is C12H22O. The zero-order valence-electron chi connectivity index (χ0n) is 9.34. The minimum absolute atomic E-state index is 0.348. The molecule has 1 aliphatic rings. The lowest BCUT2D eigenvalue weighted by molar-refractivity contribution is -0.132. The predicted molar refractivity (Wildman–Crippen MR) is 55.5 cm³/mol. The van der Waals surface area contributed by atoms with Gasteiger partial charge in [0.05, 0.1) is 0 Å². The van der Waals surface area contributed by atoms with E-state index in [9.17, 15) is 4.79 Å². The molecule has 0 heterocycles. The minimum Gasteiger partial charge on any atom is -0.299 e. The number of carbonyl (C=O) groups is 1. The summed E-state index contributed by atoms with van der Waals surface area (Å²) in [7, 11) is 0. The fraction of sp³-hybridized carbons (Fsp3) is 0.917. The Labute approximate surface area is 81.9 Å². The monoisotopic (exact) mass is 182 g/mol. The first-order valence-electron chi connectivity index (χ1n) is 5.57. The lowest BCUT2D eigenvalue weighted by Crippen LogP contribution is -2.34. The normalized spacial score (nSPS) is 30.2. The summed E-state index contributed by atoms with van der Waals surface area (Å²) in [4.78, 5) is 12.0. The molecule has 1 fully saturated rings. The average molecular weight is 182 g/mol. The van der Waals surface area contributed by atoms with E-state index < -0.39 is 0 Å². The molecule has 76 valence electrons. The number of rotatable bonds is 2. The van der Waals surface area contributed by atoms with Crippen molar-refractivity contribution in [1.82, 2.24) is 0 Å². The number of Topliss-reactive ketones (excluding diaryl/α,β-unsaturated/α-hetero) is 1. The third-order valence-corrected chi connectivity index (χ3v) is 3.37. The molecule has 0 saturated heterocycles. The van der Waals surface area contributed by atoms with Crippen LogP contribution in [0.4, 0.5) is 0 Å². The molecule has 1 aliphatic carbocycles. The number of carbonyl (C=O) groups excluding carboxylic acids is 1. The van der Waals surface area contributed by atoms with Crippen molar-refractivity contribution in [3.63, 3.8) is 0 Å². The second-order valence-electron chi connectivity index (χ2n) is 5.03. The molecule has 0 aliphatic heterocycles. The van der Waals surface area contributed by atoms with Gasteiger partial charge in [0.2, 0.25) is 0 Å². The van der Waals surface area contributed by atoms with Gasteiger partial charge in [-0.1, -0.05) is 34.1 Å². The number of ketones is 1. The Kier molecular flexibility index (Phi) is 3.52. The molecule has 1 rings (SSSR count). The van der Waals surface area contributed by atoms with Crippen LogP contribution in [0.5, 0.6) is 0 Å². The molecule has 0 aromatic rings. The Morgan fingerprint density at radius 1 is 1.00 bits per heavy atom. The summed E-state index contributed by atoms with van der Waals surface area (Å²) >= 11 is 0. The second kappa shape index (κ2) is 4.26. The highest BCUT2D eigenvalue weighted by molar-refractivity contribution is 5.84. The first-order valence-corrected chi connectivity index (χ1v) is 5.57. The third kappa shape index (κ3) is 2.32. The van der Waals surface area contributed by atoms with Crippen LogP contribution in [0, 0.1) is 23.7 Å². The Morgan fingerprint density at radius 2 is 1.38 bits per heavy atom. The molecule has 0 aromatic carbocycles. The summed E-state index contributed by atoms with van der Waals surface area (Å²) in [5.41, 5.74) is 0. The van der Waals surface area contributed by atoms with E-state index in [4.69, 9.17) is 0 Å². The SMILES string of the molecule is CC(C)[C@@H]1CCC[C@@H](C(C)C)C1=O. The molecule has 0 spiro atoms. The van der Waals surface area contributed by atoms with Crippen LogP contribution in [-0.4, -0.2) is 5.78 Å². The topological polar surface area (TPSA) is 17.1 Å². The van der Waals surface area contributed by atoms with Crippen LogP contribution in [-0.2, 0) is 4.79 Å². The van der Waals surface area contributed by atoms with Crippen molar-refractivity contribution in [1.29, 1.82) is 0 Å². The smallest absolute Gasteiger partial charge is 0.139 e. The number of hydrogen-bond donors (Lipinski definition) is 0. The maximum Gasteiger partial charge on any atom is 0.139 e. The van der Waals surface area contributed by atoms with Gasteiger partial charge in [-0.25, -0.2) is 0 Å². The van der Waals surface area contributed by atoms with Gasteiger partial charge in [-0.2, -0.15) is 0 Å². The van der Waals surface area contributed by atoms with Gasteiger partial charge in [-0.15, -0.1) is 0 Å². The van der Waals surface area contributed by atoms with Crippen molar-refractivity contribution in [2.45, 2.75) is 47.0 Å². The van der Waals surface area contributed by atoms with Gasteiger partial charge in [-0.05, 0) is 24.7 Å². The molecular weight excluding hydrogens is 160 g/mol. The van der Waals surface area contributed by atoms with Crippen molar-refractivity contribution in [3.8, 4) is 0 Å². The van der Waals surface area contributed by atoms with Crippen LogP contribution in [0.1, 0.15) is 47.0 Å². The predicted octanol–water partition coefficient (Wildman–Crippen LogP) is 3.28. The Bertz CT molecular complexity index is 164. The van der Waals surface area contributed by atoms with Crippen molar-refractivity contribution >= 4 is 5.78 Å². The van der Waals surface area contributed by atoms with Crippen LogP contribution < -0.4 is 0 Å². The molecule has 2 atom stereocenters. The molecule has 1 heteroatoms. The summed E-state index contributed by atoms with van der Waals surface area (Å²) in [6.45, 7) is 8.69. The highest BCUT2D eigenvalue weighted by Crippen LogP contribution is 2.34.